The van der Waals surface area contributed by atoms with Crippen molar-refractivity contribution in [1.82, 2.24) is 20.4 Å². The number of nitrogens with one attached hydrogen (secondary N) is 2. The van der Waals surface area contributed by atoms with Crippen LogP contribution in [0.3, 0.4) is 0 Å². The molecule has 0 saturated carbocycles. The summed E-state index contributed by atoms with van der Waals surface area (Å²) in [7, 11) is 1.67. The van der Waals surface area contributed by atoms with Gasteiger partial charge in [-0.15, -0.1) is 0 Å². The number of benzene rings is 1. The monoisotopic (exact) mass is 386 g/mol. The van der Waals surface area contributed by atoms with Gasteiger partial charge >= 0.3 is 6.03 Å². The Balaban J connectivity index is 1.47. The maximum absolute atomic E-state index is 12.8. The van der Waals surface area contributed by atoms with Gasteiger partial charge in [0.1, 0.15) is 0 Å². The molecular formula is C22H34N4O2. The summed E-state index contributed by atoms with van der Waals surface area (Å²) >= 11 is 0. The highest BCUT2D eigenvalue weighted by Crippen LogP contribution is 2.34. The average molecular weight is 387 g/mol. The van der Waals surface area contributed by atoms with E-state index in [2.05, 4.69) is 52.8 Å². The van der Waals surface area contributed by atoms with Crippen molar-refractivity contribution in [3.05, 3.63) is 35.9 Å². The summed E-state index contributed by atoms with van der Waals surface area (Å²) in [4.78, 5) is 28.5. The second-order valence-electron chi connectivity index (χ2n) is 8.44. The summed E-state index contributed by atoms with van der Waals surface area (Å²) in [5.74, 6) is 0.0496. The highest BCUT2D eigenvalue weighted by atomic mass is 16.2. The molecule has 1 atom stereocenters. The van der Waals surface area contributed by atoms with E-state index in [-0.39, 0.29) is 23.4 Å². The van der Waals surface area contributed by atoms with E-state index in [1.807, 2.05) is 4.90 Å². The minimum atomic E-state index is 0.0496. The first-order valence-corrected chi connectivity index (χ1v) is 10.5. The molecule has 0 aliphatic carbocycles. The number of likely N-dealkylation sites (tertiary alicyclic amines) is 2. The van der Waals surface area contributed by atoms with E-state index in [4.69, 9.17) is 0 Å². The molecule has 0 aromatic heterocycles. The van der Waals surface area contributed by atoms with E-state index in [0.29, 0.717) is 6.54 Å². The molecule has 2 heterocycles. The zero-order chi connectivity index (χ0) is 20.0. The van der Waals surface area contributed by atoms with Crippen LogP contribution in [-0.2, 0) is 10.2 Å². The zero-order valence-corrected chi connectivity index (χ0v) is 17.2. The Labute approximate surface area is 168 Å². The molecule has 2 fully saturated rings. The van der Waals surface area contributed by atoms with Gasteiger partial charge in [0, 0.05) is 39.3 Å². The first-order chi connectivity index (χ1) is 13.5. The van der Waals surface area contributed by atoms with Gasteiger partial charge < -0.3 is 15.5 Å². The van der Waals surface area contributed by atoms with Crippen molar-refractivity contribution >= 4 is 11.9 Å². The van der Waals surface area contributed by atoms with Crippen molar-refractivity contribution in [2.45, 2.75) is 50.5 Å². The molecule has 28 heavy (non-hydrogen) atoms. The quantitative estimate of drug-likeness (QED) is 0.835. The van der Waals surface area contributed by atoms with Gasteiger partial charge in [0.05, 0.1) is 6.54 Å². The van der Waals surface area contributed by atoms with E-state index in [0.717, 1.165) is 58.3 Å². The van der Waals surface area contributed by atoms with Crippen LogP contribution in [-0.4, -0.2) is 67.6 Å². The minimum absolute atomic E-state index is 0.0496. The summed E-state index contributed by atoms with van der Waals surface area (Å²) in [5, 5.41) is 5.90. The number of rotatable bonds is 4. The number of piperidine rings is 1. The number of carbonyl (C=O) groups is 2. The predicted molar refractivity (Wildman–Crippen MR) is 111 cm³/mol. The lowest BCUT2D eigenvalue weighted by molar-refractivity contribution is -0.122. The summed E-state index contributed by atoms with van der Waals surface area (Å²) < 4.78 is 0. The SMILES string of the molecule is CNC(=O)CN1CCC(NC(=O)N2CCCC(C)(c3ccccc3)CC2)CC1. The van der Waals surface area contributed by atoms with Gasteiger partial charge in [0.15, 0.2) is 0 Å². The molecule has 1 aromatic carbocycles. The third kappa shape index (κ3) is 5.25. The number of likely N-dealkylation sites (N-methyl/N-ethyl adjacent to an activating group) is 1. The fraction of sp³-hybridized carbons (Fsp3) is 0.636. The first kappa shape index (κ1) is 20.6. The number of hydrogen-bond acceptors (Lipinski definition) is 3. The molecule has 154 valence electrons. The lowest BCUT2D eigenvalue weighted by Crippen LogP contribution is -2.50. The number of urea groups is 1. The Morgan fingerprint density at radius 2 is 1.79 bits per heavy atom. The summed E-state index contributed by atoms with van der Waals surface area (Å²) in [6.45, 7) is 6.10. The molecular weight excluding hydrogens is 352 g/mol. The summed E-state index contributed by atoms with van der Waals surface area (Å²) in [6.07, 6.45) is 4.94. The summed E-state index contributed by atoms with van der Waals surface area (Å²) in [6, 6.07) is 11.0. The van der Waals surface area contributed by atoms with E-state index in [9.17, 15) is 9.59 Å². The Kier molecular flexibility index (Phi) is 6.94. The number of amides is 3. The fourth-order valence-corrected chi connectivity index (χ4v) is 4.39. The standard InChI is InChI=1S/C22H34N4O2/c1-22(18-7-4-3-5-8-18)11-6-13-26(16-12-22)21(28)24-19-9-14-25(15-10-19)17-20(27)23-2/h3-5,7-8,19H,6,9-17H2,1-2H3,(H,23,27)(H,24,28). The fourth-order valence-electron chi connectivity index (χ4n) is 4.39. The van der Waals surface area contributed by atoms with Crippen LogP contribution in [0.4, 0.5) is 4.79 Å². The molecule has 2 saturated heterocycles. The highest BCUT2D eigenvalue weighted by molar-refractivity contribution is 5.77. The number of carbonyl (C=O) groups excluding carboxylic acids is 2. The van der Waals surface area contributed by atoms with Gasteiger partial charge in [0.2, 0.25) is 5.91 Å². The van der Waals surface area contributed by atoms with Crippen molar-refractivity contribution in [2.24, 2.45) is 0 Å². The highest BCUT2D eigenvalue weighted by Gasteiger charge is 2.31. The summed E-state index contributed by atoms with van der Waals surface area (Å²) in [5.41, 5.74) is 1.52. The largest absolute Gasteiger partial charge is 0.358 e. The van der Waals surface area contributed by atoms with E-state index in [1.54, 1.807) is 7.05 Å². The molecule has 6 nitrogen and oxygen atoms in total. The molecule has 3 amide bonds. The van der Waals surface area contributed by atoms with Gasteiger partial charge in [-0.1, -0.05) is 37.3 Å². The first-order valence-electron chi connectivity index (χ1n) is 10.5. The topological polar surface area (TPSA) is 64.7 Å². The second kappa shape index (κ2) is 9.41. The molecule has 0 bridgehead atoms. The Morgan fingerprint density at radius 1 is 1.07 bits per heavy atom. The Morgan fingerprint density at radius 3 is 2.46 bits per heavy atom. The van der Waals surface area contributed by atoms with Crippen LogP contribution < -0.4 is 10.6 Å². The lowest BCUT2D eigenvalue weighted by atomic mass is 9.76. The van der Waals surface area contributed by atoms with Crippen LogP contribution in [0.1, 0.15) is 44.6 Å². The minimum Gasteiger partial charge on any atom is -0.358 e. The van der Waals surface area contributed by atoms with E-state index < -0.39 is 0 Å². The van der Waals surface area contributed by atoms with Crippen LogP contribution in [0.2, 0.25) is 0 Å². The molecule has 0 spiro atoms. The Hall–Kier alpha value is -2.08. The van der Waals surface area contributed by atoms with Crippen molar-refractivity contribution in [3.8, 4) is 0 Å². The molecule has 2 aliphatic rings. The Bertz CT molecular complexity index is 658. The van der Waals surface area contributed by atoms with Gasteiger partial charge in [-0.05, 0) is 43.1 Å². The van der Waals surface area contributed by atoms with Crippen LogP contribution >= 0.6 is 0 Å². The van der Waals surface area contributed by atoms with Crippen LogP contribution in [0.5, 0.6) is 0 Å². The smallest absolute Gasteiger partial charge is 0.317 e. The van der Waals surface area contributed by atoms with E-state index in [1.165, 1.54) is 5.56 Å². The van der Waals surface area contributed by atoms with Crippen molar-refractivity contribution < 1.29 is 9.59 Å². The molecule has 1 aromatic rings. The second-order valence-corrected chi connectivity index (χ2v) is 8.44. The zero-order valence-electron chi connectivity index (χ0n) is 17.2. The molecule has 6 heteroatoms. The third-order valence-electron chi connectivity index (χ3n) is 6.41. The van der Waals surface area contributed by atoms with Crippen molar-refractivity contribution in [3.63, 3.8) is 0 Å². The van der Waals surface area contributed by atoms with Crippen LogP contribution in [0, 0.1) is 0 Å². The van der Waals surface area contributed by atoms with Crippen LogP contribution in [0.15, 0.2) is 30.3 Å². The number of hydrogen-bond donors (Lipinski definition) is 2. The van der Waals surface area contributed by atoms with Crippen molar-refractivity contribution in [1.29, 1.82) is 0 Å². The molecule has 3 rings (SSSR count). The van der Waals surface area contributed by atoms with E-state index >= 15 is 0 Å². The van der Waals surface area contributed by atoms with Crippen LogP contribution in [0.25, 0.3) is 0 Å². The van der Waals surface area contributed by atoms with Gasteiger partial charge in [-0.2, -0.15) is 0 Å². The lowest BCUT2D eigenvalue weighted by Gasteiger charge is -2.33. The maximum Gasteiger partial charge on any atom is 0.317 e. The third-order valence-corrected chi connectivity index (χ3v) is 6.41. The number of nitrogens with zero attached hydrogens (tertiary/aromatic N) is 2. The van der Waals surface area contributed by atoms with Crippen molar-refractivity contribution in [2.75, 3.05) is 39.8 Å². The maximum atomic E-state index is 12.8. The molecule has 0 radical (unpaired) electrons. The average Bonchev–Trinajstić information content (AvgIpc) is 2.93. The van der Waals surface area contributed by atoms with Gasteiger partial charge in [-0.25, -0.2) is 4.79 Å². The van der Waals surface area contributed by atoms with Gasteiger partial charge in [0.25, 0.3) is 0 Å². The van der Waals surface area contributed by atoms with Gasteiger partial charge in [-0.3, -0.25) is 9.69 Å². The molecule has 1 unspecified atom stereocenters. The predicted octanol–water partition coefficient (Wildman–Crippen LogP) is 2.35. The normalized spacial score (nSPS) is 24.4. The molecule has 2 N–H and O–H groups in total. The molecule has 2 aliphatic heterocycles.